The van der Waals surface area contributed by atoms with Gasteiger partial charge in [0.15, 0.2) is 0 Å². The Bertz CT molecular complexity index is 539. The molecule has 0 radical (unpaired) electrons. The second-order valence-electron chi connectivity index (χ2n) is 4.07. The van der Waals surface area contributed by atoms with E-state index in [1.807, 2.05) is 22.9 Å². The molecule has 1 atom stereocenters. The Kier molecular flexibility index (Phi) is 4.81. The van der Waals surface area contributed by atoms with Crippen LogP contribution < -0.4 is 0 Å². The summed E-state index contributed by atoms with van der Waals surface area (Å²) in [5.74, 6) is 0.504. The van der Waals surface area contributed by atoms with Gasteiger partial charge in [-0.1, -0.05) is 0 Å². The number of hydrogen-bond donors (Lipinski definition) is 0. The average Bonchev–Trinajstić information content (AvgIpc) is 2.85. The molecule has 0 spiro atoms. The summed E-state index contributed by atoms with van der Waals surface area (Å²) in [5.41, 5.74) is 0.746. The Hall–Kier alpha value is -1.53. The van der Waals surface area contributed by atoms with Crippen molar-refractivity contribution in [2.45, 2.75) is 19.1 Å². The highest BCUT2D eigenvalue weighted by atomic mass is 79.9. The minimum Gasteiger partial charge on any atom is -0.377 e. The summed E-state index contributed by atoms with van der Waals surface area (Å²) < 4.78 is 7.87. The van der Waals surface area contributed by atoms with Gasteiger partial charge in [0, 0.05) is 36.7 Å². The number of carbonyl (C=O) groups is 1. The average molecular weight is 324 g/mol. The Morgan fingerprint density at radius 2 is 2.32 bits per heavy atom. The van der Waals surface area contributed by atoms with E-state index in [1.54, 1.807) is 19.5 Å². The highest BCUT2D eigenvalue weighted by Crippen LogP contribution is 2.17. The number of rotatable bonds is 6. The SMILES string of the molecule is COCc1nccn1CC(C=O)c1ccc(Br)cn1. The largest absolute Gasteiger partial charge is 0.377 e. The number of aldehydes is 1. The molecular weight excluding hydrogens is 310 g/mol. The van der Waals surface area contributed by atoms with Crippen molar-refractivity contribution in [2.24, 2.45) is 0 Å². The molecule has 6 heteroatoms. The van der Waals surface area contributed by atoms with Crippen LogP contribution in [0.4, 0.5) is 0 Å². The number of imidazole rings is 1. The van der Waals surface area contributed by atoms with Crippen LogP contribution in [0.1, 0.15) is 17.4 Å². The normalized spacial score (nSPS) is 12.3. The van der Waals surface area contributed by atoms with Crippen LogP contribution in [0.5, 0.6) is 0 Å². The standard InChI is InChI=1S/C13H14BrN3O2/c1-19-9-13-15-4-5-17(13)7-10(8-18)12-3-2-11(14)6-16-12/h2-6,8,10H,7,9H2,1H3. The van der Waals surface area contributed by atoms with Crippen LogP contribution >= 0.6 is 15.9 Å². The second kappa shape index (κ2) is 6.58. The van der Waals surface area contributed by atoms with Crippen molar-refractivity contribution in [1.29, 1.82) is 0 Å². The van der Waals surface area contributed by atoms with E-state index in [4.69, 9.17) is 4.74 Å². The minimum absolute atomic E-state index is 0.294. The Balaban J connectivity index is 2.16. The first-order valence-corrected chi connectivity index (χ1v) is 6.59. The first-order valence-electron chi connectivity index (χ1n) is 5.80. The molecule has 100 valence electrons. The van der Waals surface area contributed by atoms with Crippen molar-refractivity contribution >= 4 is 22.2 Å². The van der Waals surface area contributed by atoms with Gasteiger partial charge in [-0.15, -0.1) is 0 Å². The fraction of sp³-hybridized carbons (Fsp3) is 0.308. The summed E-state index contributed by atoms with van der Waals surface area (Å²) in [7, 11) is 1.62. The van der Waals surface area contributed by atoms with Crippen molar-refractivity contribution in [1.82, 2.24) is 14.5 Å². The predicted octanol–water partition coefficient (Wildman–Crippen LogP) is 2.17. The number of pyridine rings is 1. The number of methoxy groups -OCH3 is 1. The monoisotopic (exact) mass is 323 g/mol. The highest BCUT2D eigenvalue weighted by Gasteiger charge is 2.14. The molecule has 2 aromatic rings. The van der Waals surface area contributed by atoms with Gasteiger partial charge in [0.25, 0.3) is 0 Å². The lowest BCUT2D eigenvalue weighted by Crippen LogP contribution is -2.14. The molecule has 0 N–H and O–H groups in total. The van der Waals surface area contributed by atoms with Crippen LogP contribution in [0.3, 0.4) is 0 Å². The third kappa shape index (κ3) is 3.48. The van der Waals surface area contributed by atoms with Crippen molar-refractivity contribution in [2.75, 3.05) is 7.11 Å². The molecule has 2 heterocycles. The number of hydrogen-bond acceptors (Lipinski definition) is 4. The summed E-state index contributed by atoms with van der Waals surface area (Å²) in [6.07, 6.45) is 6.14. The van der Waals surface area contributed by atoms with Crippen LogP contribution in [0.2, 0.25) is 0 Å². The van der Waals surface area contributed by atoms with Crippen molar-refractivity contribution in [3.05, 3.63) is 46.7 Å². The van der Waals surface area contributed by atoms with E-state index in [2.05, 4.69) is 25.9 Å². The lowest BCUT2D eigenvalue weighted by Gasteiger charge is -2.13. The van der Waals surface area contributed by atoms with Crippen LogP contribution in [-0.4, -0.2) is 27.9 Å². The second-order valence-corrected chi connectivity index (χ2v) is 4.99. The molecule has 0 aromatic carbocycles. The van der Waals surface area contributed by atoms with Gasteiger partial charge in [-0.05, 0) is 28.1 Å². The molecule has 0 aliphatic carbocycles. The van der Waals surface area contributed by atoms with Crippen molar-refractivity contribution < 1.29 is 9.53 Å². The van der Waals surface area contributed by atoms with E-state index in [9.17, 15) is 4.79 Å². The van der Waals surface area contributed by atoms with Crippen molar-refractivity contribution in [3.8, 4) is 0 Å². The zero-order valence-electron chi connectivity index (χ0n) is 10.5. The van der Waals surface area contributed by atoms with Gasteiger partial charge >= 0.3 is 0 Å². The Morgan fingerprint density at radius 3 is 2.95 bits per heavy atom. The zero-order chi connectivity index (χ0) is 13.7. The minimum atomic E-state index is -0.294. The fourth-order valence-corrected chi connectivity index (χ4v) is 2.03. The maximum atomic E-state index is 11.3. The summed E-state index contributed by atoms with van der Waals surface area (Å²) >= 11 is 3.33. The topological polar surface area (TPSA) is 57.0 Å². The molecule has 5 nitrogen and oxygen atoms in total. The smallest absolute Gasteiger partial charge is 0.134 e. The van der Waals surface area contributed by atoms with Gasteiger partial charge in [0.2, 0.25) is 0 Å². The molecule has 0 bridgehead atoms. The van der Waals surface area contributed by atoms with Crippen LogP contribution in [0.25, 0.3) is 0 Å². The summed E-state index contributed by atoms with van der Waals surface area (Å²) in [6.45, 7) is 0.934. The molecule has 0 saturated carbocycles. The fourth-order valence-electron chi connectivity index (χ4n) is 1.80. The van der Waals surface area contributed by atoms with E-state index in [-0.39, 0.29) is 5.92 Å². The van der Waals surface area contributed by atoms with Gasteiger partial charge in [-0.25, -0.2) is 4.98 Å². The maximum absolute atomic E-state index is 11.3. The quantitative estimate of drug-likeness (QED) is 0.764. The Labute approximate surface area is 119 Å². The molecule has 0 aliphatic rings. The molecule has 0 saturated heterocycles. The molecule has 1 unspecified atom stereocenters. The molecule has 2 aromatic heterocycles. The highest BCUT2D eigenvalue weighted by molar-refractivity contribution is 9.10. The van der Waals surface area contributed by atoms with E-state index in [0.717, 1.165) is 22.3 Å². The van der Waals surface area contributed by atoms with E-state index in [0.29, 0.717) is 13.2 Å². The van der Waals surface area contributed by atoms with Gasteiger partial charge in [-0.2, -0.15) is 0 Å². The number of aromatic nitrogens is 3. The first kappa shape index (κ1) is 13.9. The molecule has 0 aliphatic heterocycles. The van der Waals surface area contributed by atoms with E-state index in [1.165, 1.54) is 0 Å². The third-order valence-corrected chi connectivity index (χ3v) is 3.23. The molecule has 2 rings (SSSR count). The molecule has 19 heavy (non-hydrogen) atoms. The van der Waals surface area contributed by atoms with Gasteiger partial charge in [0.1, 0.15) is 18.7 Å². The zero-order valence-corrected chi connectivity index (χ0v) is 12.1. The summed E-state index contributed by atoms with van der Waals surface area (Å²) in [5, 5.41) is 0. The van der Waals surface area contributed by atoms with Gasteiger partial charge < -0.3 is 14.1 Å². The molecular formula is C13H14BrN3O2. The van der Waals surface area contributed by atoms with Crippen LogP contribution in [0.15, 0.2) is 35.2 Å². The number of carbonyl (C=O) groups excluding carboxylic acids is 1. The van der Waals surface area contributed by atoms with E-state index >= 15 is 0 Å². The predicted molar refractivity (Wildman–Crippen MR) is 73.7 cm³/mol. The molecule has 0 fully saturated rings. The van der Waals surface area contributed by atoms with Gasteiger partial charge in [0.05, 0.1) is 11.6 Å². The third-order valence-electron chi connectivity index (χ3n) is 2.76. The summed E-state index contributed by atoms with van der Waals surface area (Å²) in [4.78, 5) is 19.7. The molecule has 0 amide bonds. The number of halogens is 1. The number of ether oxygens (including phenoxy) is 1. The lowest BCUT2D eigenvalue weighted by atomic mass is 10.1. The Morgan fingerprint density at radius 1 is 1.47 bits per heavy atom. The van der Waals surface area contributed by atoms with Crippen LogP contribution in [0, 0.1) is 0 Å². The van der Waals surface area contributed by atoms with Gasteiger partial charge in [-0.3, -0.25) is 4.98 Å². The number of nitrogens with zero attached hydrogens (tertiary/aromatic N) is 3. The van der Waals surface area contributed by atoms with Crippen LogP contribution in [-0.2, 0) is 22.7 Å². The maximum Gasteiger partial charge on any atom is 0.134 e. The van der Waals surface area contributed by atoms with E-state index < -0.39 is 0 Å². The summed E-state index contributed by atoms with van der Waals surface area (Å²) in [6, 6.07) is 3.72. The first-order chi connectivity index (χ1) is 9.24. The van der Waals surface area contributed by atoms with Crippen molar-refractivity contribution in [3.63, 3.8) is 0 Å². The lowest BCUT2D eigenvalue weighted by molar-refractivity contribution is -0.109.